The van der Waals surface area contributed by atoms with Crippen molar-refractivity contribution < 1.29 is 14.7 Å². The average molecular weight is 282 g/mol. The molecule has 7 nitrogen and oxygen atoms in total. The van der Waals surface area contributed by atoms with Crippen LogP contribution in [0.1, 0.15) is 16.1 Å². The number of urea groups is 1. The fourth-order valence-electron chi connectivity index (χ4n) is 1.53. The van der Waals surface area contributed by atoms with Crippen molar-refractivity contribution >= 4 is 23.5 Å². The molecule has 0 unspecified atom stereocenters. The first kappa shape index (κ1) is 14.0. The van der Waals surface area contributed by atoms with Crippen LogP contribution in [0.2, 0.25) is 0 Å². The molecule has 0 radical (unpaired) electrons. The summed E-state index contributed by atoms with van der Waals surface area (Å²) in [6.07, 6.45) is 0. The number of nitrogens with zero attached hydrogens (tertiary/aromatic N) is 2. The van der Waals surface area contributed by atoms with Crippen molar-refractivity contribution in [1.29, 1.82) is 5.26 Å². The van der Waals surface area contributed by atoms with Crippen LogP contribution in [0.15, 0.2) is 42.5 Å². The second kappa shape index (κ2) is 6.16. The number of nitriles is 1. The van der Waals surface area contributed by atoms with E-state index >= 15 is 0 Å². The molecular formula is C14H10N4O3. The highest BCUT2D eigenvalue weighted by atomic mass is 16.4. The van der Waals surface area contributed by atoms with Gasteiger partial charge in [-0.25, -0.2) is 14.6 Å². The van der Waals surface area contributed by atoms with Crippen molar-refractivity contribution in [1.82, 2.24) is 4.98 Å². The summed E-state index contributed by atoms with van der Waals surface area (Å²) in [6, 6.07) is 12.0. The summed E-state index contributed by atoms with van der Waals surface area (Å²) >= 11 is 0. The van der Waals surface area contributed by atoms with Gasteiger partial charge in [-0.15, -0.1) is 0 Å². The molecule has 0 saturated carbocycles. The molecule has 2 rings (SSSR count). The lowest BCUT2D eigenvalue weighted by atomic mass is 10.2. The van der Waals surface area contributed by atoms with Crippen molar-refractivity contribution in [3.63, 3.8) is 0 Å². The molecule has 7 heteroatoms. The van der Waals surface area contributed by atoms with Crippen LogP contribution in [0.25, 0.3) is 0 Å². The third-order valence-electron chi connectivity index (χ3n) is 2.48. The van der Waals surface area contributed by atoms with Gasteiger partial charge in [-0.1, -0.05) is 6.07 Å². The molecule has 0 aliphatic rings. The van der Waals surface area contributed by atoms with E-state index in [2.05, 4.69) is 15.6 Å². The molecule has 0 saturated heterocycles. The third-order valence-corrected chi connectivity index (χ3v) is 2.48. The SMILES string of the molecule is N#Cc1ccc(NC(=O)Nc2cccc(C(=O)O)n2)cc1. The molecule has 0 spiro atoms. The first-order chi connectivity index (χ1) is 10.1. The summed E-state index contributed by atoms with van der Waals surface area (Å²) in [4.78, 5) is 26.3. The van der Waals surface area contributed by atoms with Gasteiger partial charge < -0.3 is 10.4 Å². The van der Waals surface area contributed by atoms with Crippen LogP contribution in [0.5, 0.6) is 0 Å². The highest BCUT2D eigenvalue weighted by Crippen LogP contribution is 2.10. The smallest absolute Gasteiger partial charge is 0.354 e. The van der Waals surface area contributed by atoms with E-state index in [9.17, 15) is 9.59 Å². The maximum absolute atomic E-state index is 11.7. The largest absolute Gasteiger partial charge is 0.477 e. The summed E-state index contributed by atoms with van der Waals surface area (Å²) < 4.78 is 0. The van der Waals surface area contributed by atoms with Crippen LogP contribution in [0.4, 0.5) is 16.3 Å². The Hall–Kier alpha value is -3.40. The van der Waals surface area contributed by atoms with E-state index in [1.165, 1.54) is 18.2 Å². The predicted octanol–water partition coefficient (Wildman–Crippen LogP) is 2.30. The number of rotatable bonds is 3. The number of pyridine rings is 1. The number of aromatic nitrogens is 1. The van der Waals surface area contributed by atoms with Gasteiger partial charge in [0.05, 0.1) is 11.6 Å². The monoisotopic (exact) mass is 282 g/mol. The zero-order chi connectivity index (χ0) is 15.2. The van der Waals surface area contributed by atoms with Crippen molar-refractivity contribution in [3.8, 4) is 6.07 Å². The van der Waals surface area contributed by atoms with Gasteiger partial charge in [0.25, 0.3) is 0 Å². The summed E-state index contributed by atoms with van der Waals surface area (Å²) in [5.74, 6) is -1.05. The molecule has 21 heavy (non-hydrogen) atoms. The molecule has 2 amide bonds. The van der Waals surface area contributed by atoms with Crippen LogP contribution in [0, 0.1) is 11.3 Å². The lowest BCUT2D eigenvalue weighted by molar-refractivity contribution is 0.0690. The summed E-state index contributed by atoms with van der Waals surface area (Å²) in [5, 5.41) is 22.4. The van der Waals surface area contributed by atoms with Gasteiger partial charge in [0, 0.05) is 5.69 Å². The molecule has 0 aliphatic heterocycles. The molecular weight excluding hydrogens is 272 g/mol. The highest BCUT2D eigenvalue weighted by Gasteiger charge is 2.07. The minimum Gasteiger partial charge on any atom is -0.477 e. The minimum atomic E-state index is -1.17. The van der Waals surface area contributed by atoms with Gasteiger partial charge >= 0.3 is 12.0 Å². The van der Waals surface area contributed by atoms with E-state index in [-0.39, 0.29) is 11.5 Å². The average Bonchev–Trinajstić information content (AvgIpc) is 2.48. The van der Waals surface area contributed by atoms with E-state index in [4.69, 9.17) is 10.4 Å². The zero-order valence-corrected chi connectivity index (χ0v) is 10.7. The molecule has 104 valence electrons. The predicted molar refractivity (Wildman–Crippen MR) is 75.0 cm³/mol. The first-order valence-electron chi connectivity index (χ1n) is 5.87. The Bertz CT molecular complexity index is 720. The standard InChI is InChI=1S/C14H10N4O3/c15-8-9-4-6-10(7-5-9)16-14(21)18-12-3-1-2-11(17-12)13(19)20/h1-7H,(H,19,20)(H2,16,17,18,21). The molecule has 0 aliphatic carbocycles. The number of hydrogen-bond donors (Lipinski definition) is 3. The Morgan fingerprint density at radius 3 is 2.43 bits per heavy atom. The van der Waals surface area contributed by atoms with E-state index in [0.717, 1.165) is 0 Å². The Morgan fingerprint density at radius 1 is 1.10 bits per heavy atom. The number of carboxylic acid groups (broad SMARTS) is 1. The quantitative estimate of drug-likeness (QED) is 0.798. The number of nitrogens with one attached hydrogen (secondary N) is 2. The minimum absolute atomic E-state index is 0.126. The van der Waals surface area contributed by atoms with E-state index in [1.807, 2.05) is 6.07 Å². The number of aromatic carboxylic acids is 1. The number of benzene rings is 1. The van der Waals surface area contributed by atoms with E-state index < -0.39 is 12.0 Å². The van der Waals surface area contributed by atoms with Crippen molar-refractivity contribution in [3.05, 3.63) is 53.7 Å². The first-order valence-corrected chi connectivity index (χ1v) is 5.87. The van der Waals surface area contributed by atoms with Gasteiger partial charge in [0.2, 0.25) is 0 Å². The third kappa shape index (κ3) is 3.78. The summed E-state index contributed by atoms with van der Waals surface area (Å²) in [7, 11) is 0. The molecule has 1 aromatic heterocycles. The number of carbonyl (C=O) groups excluding carboxylic acids is 1. The Labute approximate surface area is 119 Å². The lowest BCUT2D eigenvalue weighted by Crippen LogP contribution is -2.20. The van der Waals surface area contributed by atoms with Crippen LogP contribution in [-0.2, 0) is 0 Å². The van der Waals surface area contributed by atoms with E-state index in [0.29, 0.717) is 11.3 Å². The van der Waals surface area contributed by atoms with Crippen LogP contribution in [0.3, 0.4) is 0 Å². The lowest BCUT2D eigenvalue weighted by Gasteiger charge is -2.07. The van der Waals surface area contributed by atoms with Crippen LogP contribution < -0.4 is 10.6 Å². The Morgan fingerprint density at radius 2 is 1.81 bits per heavy atom. The Balaban J connectivity index is 2.02. The zero-order valence-electron chi connectivity index (χ0n) is 10.7. The number of anilines is 2. The van der Waals surface area contributed by atoms with Crippen molar-refractivity contribution in [2.24, 2.45) is 0 Å². The maximum atomic E-state index is 11.7. The van der Waals surface area contributed by atoms with Gasteiger partial charge in [0.15, 0.2) is 5.69 Å². The number of amides is 2. The molecule has 2 aromatic rings. The summed E-state index contributed by atoms with van der Waals surface area (Å²) in [6.45, 7) is 0. The molecule has 3 N–H and O–H groups in total. The summed E-state index contributed by atoms with van der Waals surface area (Å²) in [5.41, 5.74) is 0.823. The number of hydrogen-bond acceptors (Lipinski definition) is 4. The van der Waals surface area contributed by atoms with Crippen LogP contribution in [-0.4, -0.2) is 22.1 Å². The second-order valence-corrected chi connectivity index (χ2v) is 3.98. The molecule has 1 aromatic carbocycles. The maximum Gasteiger partial charge on any atom is 0.354 e. The topological polar surface area (TPSA) is 115 Å². The molecule has 0 atom stereocenters. The molecule has 1 heterocycles. The highest BCUT2D eigenvalue weighted by molar-refractivity contribution is 5.99. The Kier molecular flexibility index (Phi) is 4.11. The normalized spacial score (nSPS) is 9.48. The second-order valence-electron chi connectivity index (χ2n) is 3.98. The fraction of sp³-hybridized carbons (Fsp3) is 0. The van der Waals surface area contributed by atoms with Gasteiger partial charge in [-0.2, -0.15) is 5.26 Å². The van der Waals surface area contributed by atoms with Gasteiger partial charge in [0.1, 0.15) is 5.82 Å². The number of carboxylic acids is 1. The molecule has 0 bridgehead atoms. The fourth-order valence-corrected chi connectivity index (χ4v) is 1.53. The molecule has 0 fully saturated rings. The number of carbonyl (C=O) groups is 2. The van der Waals surface area contributed by atoms with Crippen molar-refractivity contribution in [2.45, 2.75) is 0 Å². The van der Waals surface area contributed by atoms with Crippen LogP contribution >= 0.6 is 0 Å². The van der Waals surface area contributed by atoms with Crippen molar-refractivity contribution in [2.75, 3.05) is 10.6 Å². The van der Waals surface area contributed by atoms with Gasteiger partial charge in [-0.05, 0) is 36.4 Å². The van der Waals surface area contributed by atoms with Gasteiger partial charge in [-0.3, -0.25) is 5.32 Å². The van der Waals surface area contributed by atoms with E-state index in [1.54, 1.807) is 24.3 Å².